The summed E-state index contributed by atoms with van der Waals surface area (Å²) in [6, 6.07) is 5.49. The van der Waals surface area contributed by atoms with Crippen LogP contribution in [0.5, 0.6) is 5.75 Å². The number of alkyl carbamates (subject to hydrolysis) is 1. The molecular weight excluding hydrogens is 457 g/mol. The van der Waals surface area contributed by atoms with Crippen LogP contribution in [0.4, 0.5) is 15.0 Å². The maximum Gasteiger partial charge on any atom is 0.407 e. The Bertz CT molecular complexity index is 1210. The summed E-state index contributed by atoms with van der Waals surface area (Å²) in [4.78, 5) is 28.3. The lowest BCUT2D eigenvalue weighted by atomic mass is 10.1. The third kappa shape index (κ3) is 6.81. The van der Waals surface area contributed by atoms with Gasteiger partial charge in [-0.15, -0.1) is 0 Å². The highest BCUT2D eigenvalue weighted by molar-refractivity contribution is 5.95. The molecule has 1 aromatic carbocycles. The highest BCUT2D eigenvalue weighted by Crippen LogP contribution is 2.29. The van der Waals surface area contributed by atoms with E-state index in [0.717, 1.165) is 0 Å². The molecule has 188 valence electrons. The smallest absolute Gasteiger partial charge is 0.407 e. The molecule has 11 heteroatoms. The summed E-state index contributed by atoms with van der Waals surface area (Å²) in [6.45, 7) is 9.15. The first-order chi connectivity index (χ1) is 16.5. The number of aromatic nitrogens is 3. The number of hydrogen-bond acceptors (Lipinski definition) is 8. The second-order valence-corrected chi connectivity index (χ2v) is 8.99. The van der Waals surface area contributed by atoms with Gasteiger partial charge in [0, 0.05) is 11.8 Å². The van der Waals surface area contributed by atoms with Crippen LogP contribution >= 0.6 is 0 Å². The van der Waals surface area contributed by atoms with Gasteiger partial charge in [-0.25, -0.2) is 23.5 Å². The lowest BCUT2D eigenvalue weighted by Gasteiger charge is -2.23. The monoisotopic (exact) mass is 487 g/mol. The Kier molecular flexibility index (Phi) is 7.78. The molecule has 3 rings (SSSR count). The molecule has 2 heterocycles. The van der Waals surface area contributed by atoms with Crippen molar-refractivity contribution >= 4 is 23.5 Å². The van der Waals surface area contributed by atoms with Crippen molar-refractivity contribution in [1.29, 1.82) is 0 Å². The molecule has 0 radical (unpaired) electrons. The van der Waals surface area contributed by atoms with E-state index in [2.05, 4.69) is 20.7 Å². The number of ether oxygens (including phenoxy) is 3. The Labute approximate surface area is 202 Å². The van der Waals surface area contributed by atoms with Crippen LogP contribution in [0.15, 0.2) is 36.7 Å². The van der Waals surface area contributed by atoms with Crippen LogP contribution in [0.1, 0.15) is 56.6 Å². The van der Waals surface area contributed by atoms with Crippen LogP contribution in [-0.2, 0) is 9.47 Å². The SMILES string of the molecule is COC(=O)c1cnn2ccc(N[C@H](C)c3cc(F)ccc3O[C@@H](C)CNC(=O)OC(C)(C)C)nc12. The molecule has 35 heavy (non-hydrogen) atoms. The van der Waals surface area contributed by atoms with Gasteiger partial charge in [-0.1, -0.05) is 0 Å². The number of amides is 1. The van der Waals surface area contributed by atoms with Gasteiger partial charge in [-0.2, -0.15) is 5.10 Å². The summed E-state index contributed by atoms with van der Waals surface area (Å²) in [5.41, 5.74) is 0.499. The van der Waals surface area contributed by atoms with E-state index >= 15 is 0 Å². The number of nitrogens with zero attached hydrogens (tertiary/aromatic N) is 3. The maximum atomic E-state index is 14.1. The molecule has 1 amide bonds. The Morgan fingerprint density at radius 3 is 2.63 bits per heavy atom. The number of anilines is 1. The quantitative estimate of drug-likeness (QED) is 0.456. The highest BCUT2D eigenvalue weighted by Gasteiger charge is 2.20. The molecule has 3 aromatic rings. The average Bonchev–Trinajstić information content (AvgIpc) is 3.20. The summed E-state index contributed by atoms with van der Waals surface area (Å²) in [5, 5.41) is 9.95. The molecule has 2 aromatic heterocycles. The largest absolute Gasteiger partial charge is 0.489 e. The number of esters is 1. The zero-order chi connectivity index (χ0) is 25.8. The zero-order valence-electron chi connectivity index (χ0n) is 20.6. The summed E-state index contributed by atoms with van der Waals surface area (Å²) < 4.78 is 31.6. The van der Waals surface area contributed by atoms with Crippen molar-refractivity contribution in [3.8, 4) is 5.75 Å². The van der Waals surface area contributed by atoms with Crippen molar-refractivity contribution in [1.82, 2.24) is 19.9 Å². The van der Waals surface area contributed by atoms with Crippen molar-refractivity contribution in [2.45, 2.75) is 52.4 Å². The first-order valence-corrected chi connectivity index (χ1v) is 11.1. The number of carbonyl (C=O) groups is 2. The lowest BCUT2D eigenvalue weighted by molar-refractivity contribution is 0.0504. The van der Waals surface area contributed by atoms with E-state index in [1.165, 1.54) is 36.0 Å². The van der Waals surface area contributed by atoms with E-state index < -0.39 is 35.6 Å². The molecule has 2 atom stereocenters. The number of carbonyl (C=O) groups excluding carboxylic acids is 2. The predicted octanol–water partition coefficient (Wildman–Crippen LogP) is 4.12. The summed E-state index contributed by atoms with van der Waals surface area (Å²) in [7, 11) is 1.28. The summed E-state index contributed by atoms with van der Waals surface area (Å²) in [5.74, 6) is -0.0729. The Morgan fingerprint density at radius 1 is 1.20 bits per heavy atom. The molecule has 0 spiro atoms. The topological polar surface area (TPSA) is 116 Å². The lowest BCUT2D eigenvalue weighted by Crippen LogP contribution is -2.37. The molecular formula is C24H30FN5O5. The minimum atomic E-state index is -0.606. The van der Waals surface area contributed by atoms with E-state index in [1.807, 2.05) is 6.92 Å². The minimum absolute atomic E-state index is 0.198. The van der Waals surface area contributed by atoms with Crippen LogP contribution in [0.2, 0.25) is 0 Å². The second kappa shape index (κ2) is 10.6. The molecule has 0 fully saturated rings. The summed E-state index contributed by atoms with van der Waals surface area (Å²) in [6.07, 6.45) is 2.07. The van der Waals surface area contributed by atoms with E-state index in [9.17, 15) is 14.0 Å². The third-order valence-electron chi connectivity index (χ3n) is 4.84. The molecule has 0 aliphatic rings. The van der Waals surface area contributed by atoms with Gasteiger partial charge in [0.05, 0.1) is 25.9 Å². The molecule has 0 aliphatic carbocycles. The van der Waals surface area contributed by atoms with Crippen molar-refractivity contribution in [2.24, 2.45) is 0 Å². The van der Waals surface area contributed by atoms with Crippen molar-refractivity contribution in [3.63, 3.8) is 0 Å². The van der Waals surface area contributed by atoms with Gasteiger partial charge >= 0.3 is 12.1 Å². The van der Waals surface area contributed by atoms with Gasteiger partial charge in [-0.05, 0) is 58.9 Å². The van der Waals surface area contributed by atoms with Crippen LogP contribution in [0.25, 0.3) is 5.65 Å². The van der Waals surface area contributed by atoms with E-state index in [-0.39, 0.29) is 12.1 Å². The van der Waals surface area contributed by atoms with Crippen LogP contribution < -0.4 is 15.4 Å². The molecule has 0 saturated carbocycles. The second-order valence-electron chi connectivity index (χ2n) is 8.99. The van der Waals surface area contributed by atoms with Gasteiger partial charge in [0.2, 0.25) is 0 Å². The number of hydrogen-bond donors (Lipinski definition) is 2. The van der Waals surface area contributed by atoms with Crippen LogP contribution in [-0.4, -0.2) is 52.0 Å². The first kappa shape index (κ1) is 25.7. The van der Waals surface area contributed by atoms with Crippen molar-refractivity contribution in [3.05, 3.63) is 53.6 Å². The highest BCUT2D eigenvalue weighted by atomic mass is 19.1. The number of fused-ring (bicyclic) bond motifs is 1. The van der Waals surface area contributed by atoms with Gasteiger partial charge in [0.1, 0.15) is 34.7 Å². The fourth-order valence-electron chi connectivity index (χ4n) is 3.27. The maximum absolute atomic E-state index is 14.1. The van der Waals surface area contributed by atoms with E-state index in [4.69, 9.17) is 14.2 Å². The predicted molar refractivity (Wildman–Crippen MR) is 127 cm³/mol. The third-order valence-corrected chi connectivity index (χ3v) is 4.84. The number of methoxy groups -OCH3 is 1. The van der Waals surface area contributed by atoms with Gasteiger partial charge in [0.25, 0.3) is 0 Å². The van der Waals surface area contributed by atoms with Crippen molar-refractivity contribution in [2.75, 3.05) is 19.0 Å². The standard InChI is InChI=1S/C24H30FN5O5/c1-14(12-26-23(32)35-24(3,4)5)34-19-8-7-16(25)11-17(19)15(2)28-20-9-10-30-21(29-20)18(13-27-30)22(31)33-6/h7-11,13-15H,12H2,1-6H3,(H,26,32)(H,28,29)/t14-,15+/m0/s1. The Morgan fingerprint density at radius 2 is 1.94 bits per heavy atom. The number of halogens is 1. The van der Waals surface area contributed by atoms with E-state index in [0.29, 0.717) is 22.8 Å². The molecule has 2 N–H and O–H groups in total. The molecule has 0 aliphatic heterocycles. The van der Waals surface area contributed by atoms with Crippen LogP contribution in [0, 0.1) is 5.82 Å². The number of benzene rings is 1. The summed E-state index contributed by atoms with van der Waals surface area (Å²) >= 11 is 0. The fraction of sp³-hybridized carbons (Fsp3) is 0.417. The molecule has 0 bridgehead atoms. The minimum Gasteiger partial charge on any atom is -0.489 e. The number of rotatable bonds is 8. The van der Waals surface area contributed by atoms with E-state index in [1.54, 1.807) is 40.0 Å². The Hall–Kier alpha value is -3.89. The van der Waals surface area contributed by atoms with Crippen molar-refractivity contribution < 1.29 is 28.2 Å². The normalized spacial score (nSPS) is 13.1. The fourth-order valence-corrected chi connectivity index (χ4v) is 3.27. The van der Waals surface area contributed by atoms with Gasteiger partial charge in [0.15, 0.2) is 5.65 Å². The first-order valence-electron chi connectivity index (χ1n) is 11.1. The van der Waals surface area contributed by atoms with Gasteiger partial charge in [-0.3, -0.25) is 0 Å². The molecule has 10 nitrogen and oxygen atoms in total. The zero-order valence-corrected chi connectivity index (χ0v) is 20.6. The Balaban J connectivity index is 1.73. The average molecular weight is 488 g/mol. The molecule has 0 unspecified atom stereocenters. The number of nitrogens with one attached hydrogen (secondary N) is 2. The molecule has 0 saturated heterocycles. The van der Waals surface area contributed by atoms with Crippen LogP contribution in [0.3, 0.4) is 0 Å². The van der Waals surface area contributed by atoms with Gasteiger partial charge < -0.3 is 24.8 Å².